The van der Waals surface area contributed by atoms with Crippen molar-refractivity contribution in [3.05, 3.63) is 78.5 Å². The van der Waals surface area contributed by atoms with Gasteiger partial charge in [0.15, 0.2) is 0 Å². The third-order valence-corrected chi connectivity index (χ3v) is 5.32. The molecule has 1 atom stereocenters. The van der Waals surface area contributed by atoms with Gasteiger partial charge >= 0.3 is 0 Å². The summed E-state index contributed by atoms with van der Waals surface area (Å²) in [7, 11) is 0. The number of anilines is 1. The number of rotatable bonds is 7. The average molecular weight is 375 g/mol. The summed E-state index contributed by atoms with van der Waals surface area (Å²) in [5.41, 5.74) is 4.19. The van der Waals surface area contributed by atoms with Gasteiger partial charge in [0, 0.05) is 31.5 Å². The molecule has 1 saturated heterocycles. The molecule has 0 bridgehead atoms. The van der Waals surface area contributed by atoms with E-state index in [1.54, 1.807) is 6.08 Å². The van der Waals surface area contributed by atoms with Crippen LogP contribution in [0.4, 0.5) is 5.69 Å². The molecule has 2 aromatic carbocycles. The summed E-state index contributed by atoms with van der Waals surface area (Å²) in [5, 5.41) is 13.8. The van der Waals surface area contributed by atoms with Gasteiger partial charge < -0.3 is 19.9 Å². The number of aliphatic hydroxyl groups is 1. The smallest absolute Gasteiger partial charge is 0.245 e. The predicted molar refractivity (Wildman–Crippen MR) is 112 cm³/mol. The fraction of sp³-hybridized carbons (Fsp3) is 0.261. The van der Waals surface area contributed by atoms with E-state index in [0.29, 0.717) is 6.54 Å². The summed E-state index contributed by atoms with van der Waals surface area (Å²) in [6.07, 6.45) is 4.66. The first-order chi connectivity index (χ1) is 13.7. The van der Waals surface area contributed by atoms with Crippen LogP contribution in [0.15, 0.2) is 67.4 Å². The number of carbonyl (C=O) groups is 1. The molecule has 0 aliphatic carbocycles. The molecule has 0 saturated carbocycles. The van der Waals surface area contributed by atoms with Crippen molar-refractivity contribution < 1.29 is 9.90 Å². The van der Waals surface area contributed by atoms with Gasteiger partial charge in [-0.3, -0.25) is 4.79 Å². The Morgan fingerprint density at radius 1 is 1.14 bits per heavy atom. The van der Waals surface area contributed by atoms with Crippen LogP contribution in [0.3, 0.4) is 0 Å². The SMILES string of the molecule is C=CCN1CCC(Nc2ccc3ccn(Cc4ccc(CO)cc4)c3c2)C1=O. The maximum absolute atomic E-state index is 12.5. The second kappa shape index (κ2) is 7.90. The quantitative estimate of drug-likeness (QED) is 0.623. The number of carbonyl (C=O) groups excluding carboxylic acids is 1. The summed E-state index contributed by atoms with van der Waals surface area (Å²) < 4.78 is 2.20. The van der Waals surface area contributed by atoms with Gasteiger partial charge in [0.25, 0.3) is 0 Å². The maximum Gasteiger partial charge on any atom is 0.245 e. The number of amides is 1. The number of aromatic nitrogens is 1. The lowest BCUT2D eigenvalue weighted by Crippen LogP contribution is -2.33. The summed E-state index contributed by atoms with van der Waals surface area (Å²) in [4.78, 5) is 14.3. The van der Waals surface area contributed by atoms with Crippen molar-refractivity contribution in [2.75, 3.05) is 18.4 Å². The molecule has 28 heavy (non-hydrogen) atoms. The molecule has 3 aromatic rings. The monoisotopic (exact) mass is 375 g/mol. The van der Waals surface area contributed by atoms with Gasteiger partial charge in [-0.15, -0.1) is 6.58 Å². The molecular weight excluding hydrogens is 350 g/mol. The molecule has 0 radical (unpaired) electrons. The van der Waals surface area contributed by atoms with Crippen LogP contribution in [0.2, 0.25) is 0 Å². The lowest BCUT2D eigenvalue weighted by molar-refractivity contribution is -0.127. The number of hydrogen-bond donors (Lipinski definition) is 2. The van der Waals surface area contributed by atoms with E-state index < -0.39 is 0 Å². The Balaban J connectivity index is 1.52. The Labute approximate surface area is 164 Å². The number of fused-ring (bicyclic) bond motifs is 1. The average Bonchev–Trinajstić information content (AvgIpc) is 3.27. The normalized spacial score (nSPS) is 16.7. The van der Waals surface area contributed by atoms with Gasteiger partial charge in [-0.25, -0.2) is 0 Å². The van der Waals surface area contributed by atoms with Crippen LogP contribution in [-0.2, 0) is 17.9 Å². The second-order valence-corrected chi connectivity index (χ2v) is 7.25. The highest BCUT2D eigenvalue weighted by molar-refractivity contribution is 5.89. The molecule has 4 rings (SSSR count). The van der Waals surface area contributed by atoms with Gasteiger partial charge in [0.2, 0.25) is 5.91 Å². The largest absolute Gasteiger partial charge is 0.392 e. The van der Waals surface area contributed by atoms with Crippen molar-refractivity contribution in [3.8, 4) is 0 Å². The van der Waals surface area contributed by atoms with Crippen LogP contribution in [0.5, 0.6) is 0 Å². The lowest BCUT2D eigenvalue weighted by atomic mass is 10.1. The van der Waals surface area contributed by atoms with Gasteiger partial charge in [0.05, 0.1) is 12.1 Å². The first kappa shape index (κ1) is 18.3. The van der Waals surface area contributed by atoms with Crippen LogP contribution < -0.4 is 5.32 Å². The summed E-state index contributed by atoms with van der Waals surface area (Å²) >= 11 is 0. The molecule has 144 valence electrons. The highest BCUT2D eigenvalue weighted by atomic mass is 16.3. The minimum atomic E-state index is -0.174. The van der Waals surface area contributed by atoms with Gasteiger partial charge in [-0.05, 0) is 41.1 Å². The molecule has 1 unspecified atom stereocenters. The Hall–Kier alpha value is -3.05. The van der Waals surface area contributed by atoms with Gasteiger partial charge in [0.1, 0.15) is 6.04 Å². The molecule has 2 N–H and O–H groups in total. The highest BCUT2D eigenvalue weighted by Gasteiger charge is 2.30. The van der Waals surface area contributed by atoms with E-state index in [-0.39, 0.29) is 18.6 Å². The van der Waals surface area contributed by atoms with E-state index in [4.69, 9.17) is 0 Å². The summed E-state index contributed by atoms with van der Waals surface area (Å²) in [5.74, 6) is 0.138. The van der Waals surface area contributed by atoms with Crippen LogP contribution in [0.25, 0.3) is 10.9 Å². The molecule has 1 aromatic heterocycles. The van der Waals surface area contributed by atoms with Crippen molar-refractivity contribution >= 4 is 22.5 Å². The number of likely N-dealkylation sites (tertiary alicyclic amines) is 1. The Morgan fingerprint density at radius 3 is 2.68 bits per heavy atom. The summed E-state index contributed by atoms with van der Waals surface area (Å²) in [6.45, 7) is 5.91. The van der Waals surface area contributed by atoms with Crippen molar-refractivity contribution in [1.29, 1.82) is 0 Å². The predicted octanol–water partition coefficient (Wildman–Crippen LogP) is 3.38. The van der Waals surface area contributed by atoms with Crippen LogP contribution in [-0.4, -0.2) is 39.6 Å². The molecule has 1 aliphatic rings. The molecule has 2 heterocycles. The third-order valence-electron chi connectivity index (χ3n) is 5.32. The van der Waals surface area contributed by atoms with Crippen LogP contribution >= 0.6 is 0 Å². The van der Waals surface area contributed by atoms with Gasteiger partial charge in [-0.1, -0.05) is 36.4 Å². The van der Waals surface area contributed by atoms with Crippen molar-refractivity contribution in [1.82, 2.24) is 9.47 Å². The Kier molecular flexibility index (Phi) is 5.17. The van der Waals surface area contributed by atoms with Crippen LogP contribution in [0.1, 0.15) is 17.5 Å². The second-order valence-electron chi connectivity index (χ2n) is 7.25. The molecule has 1 aliphatic heterocycles. The zero-order valence-corrected chi connectivity index (χ0v) is 15.8. The minimum Gasteiger partial charge on any atom is -0.392 e. The first-order valence-electron chi connectivity index (χ1n) is 9.62. The zero-order chi connectivity index (χ0) is 19.5. The highest BCUT2D eigenvalue weighted by Crippen LogP contribution is 2.24. The van der Waals surface area contributed by atoms with Crippen LogP contribution in [0, 0.1) is 0 Å². The Morgan fingerprint density at radius 2 is 1.93 bits per heavy atom. The molecule has 1 fully saturated rings. The summed E-state index contributed by atoms with van der Waals surface area (Å²) in [6, 6.07) is 16.2. The third kappa shape index (κ3) is 3.66. The van der Waals surface area contributed by atoms with E-state index in [9.17, 15) is 9.90 Å². The van der Waals surface area contributed by atoms with Crippen molar-refractivity contribution in [2.24, 2.45) is 0 Å². The van der Waals surface area contributed by atoms with E-state index >= 15 is 0 Å². The number of aliphatic hydroxyl groups excluding tert-OH is 1. The molecule has 5 nitrogen and oxygen atoms in total. The molecule has 5 heteroatoms. The minimum absolute atomic E-state index is 0.0614. The fourth-order valence-electron chi connectivity index (χ4n) is 3.77. The molecule has 1 amide bonds. The number of benzene rings is 2. The number of nitrogens with zero attached hydrogens (tertiary/aromatic N) is 2. The van der Waals surface area contributed by atoms with E-state index in [1.807, 2.05) is 35.2 Å². The fourth-order valence-corrected chi connectivity index (χ4v) is 3.77. The molecule has 0 spiro atoms. The van der Waals surface area contributed by atoms with Crippen molar-refractivity contribution in [2.45, 2.75) is 25.6 Å². The van der Waals surface area contributed by atoms with E-state index in [2.05, 4.69) is 40.9 Å². The molecular formula is C23H25N3O2. The maximum atomic E-state index is 12.5. The Bertz CT molecular complexity index is 991. The topological polar surface area (TPSA) is 57.5 Å². The van der Waals surface area contributed by atoms with Crippen molar-refractivity contribution in [3.63, 3.8) is 0 Å². The van der Waals surface area contributed by atoms with E-state index in [1.165, 1.54) is 10.9 Å². The van der Waals surface area contributed by atoms with E-state index in [0.717, 1.165) is 36.3 Å². The zero-order valence-electron chi connectivity index (χ0n) is 15.8. The number of hydrogen-bond acceptors (Lipinski definition) is 3. The first-order valence-corrected chi connectivity index (χ1v) is 9.62. The van der Waals surface area contributed by atoms with Gasteiger partial charge in [-0.2, -0.15) is 0 Å². The lowest BCUT2D eigenvalue weighted by Gasteiger charge is -2.16. The number of nitrogens with one attached hydrogen (secondary N) is 1. The standard InChI is InChI=1S/C23H25N3O2/c1-2-11-25-13-10-21(23(25)28)24-20-8-7-19-9-12-26(22(19)14-20)15-17-3-5-18(16-27)6-4-17/h2-9,12,14,21,24,27H,1,10-11,13,15-16H2.